The van der Waals surface area contributed by atoms with Crippen molar-refractivity contribution < 1.29 is 13.6 Å². The van der Waals surface area contributed by atoms with E-state index in [1.807, 2.05) is 12.1 Å². The first-order valence-electron chi connectivity index (χ1n) is 7.79. The van der Waals surface area contributed by atoms with Crippen LogP contribution in [-0.2, 0) is 0 Å². The summed E-state index contributed by atoms with van der Waals surface area (Å²) in [7, 11) is 0. The van der Waals surface area contributed by atoms with E-state index >= 15 is 0 Å². The van der Waals surface area contributed by atoms with Crippen molar-refractivity contribution in [3.05, 3.63) is 56.8 Å². The number of fused-ring (bicyclic) bond motifs is 5. The van der Waals surface area contributed by atoms with Crippen LogP contribution in [0, 0.1) is 0 Å². The molecule has 0 aliphatic heterocycles. The van der Waals surface area contributed by atoms with Gasteiger partial charge in [0.05, 0.1) is 11.8 Å². The Morgan fingerprint density at radius 1 is 1.28 bits per heavy atom. The van der Waals surface area contributed by atoms with Crippen molar-refractivity contribution in [1.82, 2.24) is 10.2 Å². The number of benzene rings is 1. The van der Waals surface area contributed by atoms with Gasteiger partial charge in [0.1, 0.15) is 10.2 Å². The first kappa shape index (κ1) is 16.5. The fraction of sp³-hybridized carbons (Fsp3) is 0.294. The van der Waals surface area contributed by atoms with Crippen LogP contribution in [0.4, 0.5) is 14.5 Å². The largest absolute Gasteiger partial charge is 0.322 e. The van der Waals surface area contributed by atoms with Gasteiger partial charge in [-0.2, -0.15) is 5.10 Å². The number of amides is 1. The molecule has 8 heteroatoms. The molecule has 4 nitrogen and oxygen atoms in total. The number of carbonyl (C=O) groups is 1. The topological polar surface area (TPSA) is 57.8 Å². The van der Waals surface area contributed by atoms with Crippen LogP contribution >= 0.6 is 23.2 Å². The van der Waals surface area contributed by atoms with Crippen LogP contribution in [0.15, 0.2) is 34.5 Å². The molecule has 0 saturated heterocycles. The van der Waals surface area contributed by atoms with Gasteiger partial charge in [-0.05, 0) is 35.6 Å². The summed E-state index contributed by atoms with van der Waals surface area (Å²) >= 11 is 12.1. The number of hydrogen-bond acceptors (Lipinski definition) is 2. The Balaban J connectivity index is 1.70. The SMILES string of the molecule is O=C(Nc1cccc2c1[C@@H]1CC[C@H]2C1=C(Cl)Cl)c1cn[nH]c1C(F)F. The Morgan fingerprint density at radius 2 is 2.04 bits per heavy atom. The summed E-state index contributed by atoms with van der Waals surface area (Å²) < 4.78 is 26.2. The van der Waals surface area contributed by atoms with Gasteiger partial charge in [-0.3, -0.25) is 9.89 Å². The summed E-state index contributed by atoms with van der Waals surface area (Å²) in [5.74, 6) is -0.407. The molecule has 25 heavy (non-hydrogen) atoms. The third-order valence-electron chi connectivity index (χ3n) is 4.96. The summed E-state index contributed by atoms with van der Waals surface area (Å²) in [4.78, 5) is 12.5. The molecule has 2 aliphatic carbocycles. The van der Waals surface area contributed by atoms with E-state index in [0.717, 1.165) is 35.7 Å². The number of alkyl halides is 2. The van der Waals surface area contributed by atoms with Gasteiger partial charge in [-0.15, -0.1) is 0 Å². The lowest BCUT2D eigenvalue weighted by molar-refractivity contribution is 0.101. The molecule has 4 rings (SSSR count). The number of nitrogens with one attached hydrogen (secondary N) is 2. The molecule has 1 aromatic heterocycles. The standard InChI is InChI=1S/C17H13Cl2F2N3O/c18-15(19)13-8-4-5-9(13)12-7(8)2-1-3-11(12)23-17(25)10-6-22-24-14(10)16(20)21/h1-3,6,8-9,16H,4-5H2,(H,22,24)(H,23,25)/t8-,9+/m1/s1. The second kappa shape index (κ2) is 6.11. The third-order valence-corrected chi connectivity index (χ3v) is 5.39. The molecular formula is C17H13Cl2F2N3O. The number of rotatable bonds is 3. The summed E-state index contributed by atoms with van der Waals surface area (Å²) in [6.07, 6.45) is 0.166. The highest BCUT2D eigenvalue weighted by Crippen LogP contribution is 2.60. The Hall–Kier alpha value is -1.92. The van der Waals surface area contributed by atoms with Gasteiger partial charge >= 0.3 is 0 Å². The molecule has 1 amide bonds. The van der Waals surface area contributed by atoms with E-state index in [-0.39, 0.29) is 21.9 Å². The molecule has 0 spiro atoms. The van der Waals surface area contributed by atoms with Crippen LogP contribution in [0.1, 0.15) is 58.3 Å². The van der Waals surface area contributed by atoms with E-state index < -0.39 is 18.0 Å². The first-order valence-corrected chi connectivity index (χ1v) is 8.55. The smallest absolute Gasteiger partial charge is 0.280 e. The van der Waals surface area contributed by atoms with Gasteiger partial charge in [0.15, 0.2) is 0 Å². The lowest BCUT2D eigenvalue weighted by Crippen LogP contribution is -2.16. The zero-order valence-corrected chi connectivity index (χ0v) is 14.3. The average Bonchev–Trinajstić information content (AvgIpc) is 3.28. The summed E-state index contributed by atoms with van der Waals surface area (Å²) in [5, 5.41) is 8.46. The fourth-order valence-corrected chi connectivity index (χ4v) is 4.52. The molecule has 2 N–H and O–H groups in total. The quantitative estimate of drug-likeness (QED) is 0.758. The second-order valence-electron chi connectivity index (χ2n) is 6.16. The molecule has 2 bridgehead atoms. The summed E-state index contributed by atoms with van der Waals surface area (Å²) in [6.45, 7) is 0. The molecular weight excluding hydrogens is 371 g/mol. The predicted octanol–water partition coefficient (Wildman–Crippen LogP) is 5.26. The highest BCUT2D eigenvalue weighted by Gasteiger charge is 2.44. The maximum absolute atomic E-state index is 13.0. The van der Waals surface area contributed by atoms with Gasteiger partial charge in [-0.1, -0.05) is 35.3 Å². The van der Waals surface area contributed by atoms with Crippen molar-refractivity contribution in [3.63, 3.8) is 0 Å². The lowest BCUT2D eigenvalue weighted by atomic mass is 9.90. The number of hydrogen-bond donors (Lipinski definition) is 2. The molecule has 130 valence electrons. The fourth-order valence-electron chi connectivity index (χ4n) is 3.99. The molecule has 0 radical (unpaired) electrons. The number of halogens is 4. The zero-order chi connectivity index (χ0) is 17.7. The van der Waals surface area contributed by atoms with Crippen LogP contribution in [-0.4, -0.2) is 16.1 Å². The van der Waals surface area contributed by atoms with Gasteiger partial charge in [0, 0.05) is 17.5 Å². The summed E-state index contributed by atoms with van der Waals surface area (Å²) in [6, 6.07) is 5.59. The molecule has 2 aromatic rings. The minimum absolute atomic E-state index is 0.0559. The maximum Gasteiger partial charge on any atom is 0.280 e. The molecule has 1 fully saturated rings. The van der Waals surface area contributed by atoms with Crippen LogP contribution in [0.3, 0.4) is 0 Å². The number of anilines is 1. The average molecular weight is 384 g/mol. The van der Waals surface area contributed by atoms with Crippen molar-refractivity contribution in [2.45, 2.75) is 31.1 Å². The number of aromatic nitrogens is 2. The van der Waals surface area contributed by atoms with Crippen molar-refractivity contribution >= 4 is 34.8 Å². The van der Waals surface area contributed by atoms with E-state index in [2.05, 4.69) is 15.5 Å². The minimum Gasteiger partial charge on any atom is -0.322 e. The first-order chi connectivity index (χ1) is 12.0. The Morgan fingerprint density at radius 3 is 2.76 bits per heavy atom. The maximum atomic E-state index is 13.0. The predicted molar refractivity (Wildman–Crippen MR) is 91.4 cm³/mol. The zero-order valence-electron chi connectivity index (χ0n) is 12.8. The highest BCUT2D eigenvalue weighted by molar-refractivity contribution is 6.56. The van der Waals surface area contributed by atoms with E-state index in [1.54, 1.807) is 6.07 Å². The van der Waals surface area contributed by atoms with E-state index in [9.17, 15) is 13.6 Å². The van der Waals surface area contributed by atoms with Crippen molar-refractivity contribution in [2.24, 2.45) is 0 Å². The number of aromatic amines is 1. The molecule has 1 saturated carbocycles. The van der Waals surface area contributed by atoms with Gasteiger partial charge in [0.2, 0.25) is 0 Å². The lowest BCUT2D eigenvalue weighted by Gasteiger charge is -2.18. The third kappa shape index (κ3) is 2.55. The number of H-pyrrole nitrogens is 1. The van der Waals surface area contributed by atoms with E-state index in [0.29, 0.717) is 5.69 Å². The van der Waals surface area contributed by atoms with Gasteiger partial charge in [-0.25, -0.2) is 8.78 Å². The second-order valence-corrected chi connectivity index (χ2v) is 7.11. The molecule has 2 aliphatic rings. The molecule has 0 unspecified atom stereocenters. The Kier molecular flexibility index (Phi) is 4.04. The highest BCUT2D eigenvalue weighted by atomic mass is 35.5. The van der Waals surface area contributed by atoms with Crippen LogP contribution in [0.5, 0.6) is 0 Å². The minimum atomic E-state index is -2.80. The van der Waals surface area contributed by atoms with Crippen LogP contribution in [0.2, 0.25) is 0 Å². The van der Waals surface area contributed by atoms with Crippen molar-refractivity contribution in [3.8, 4) is 0 Å². The van der Waals surface area contributed by atoms with Gasteiger partial charge in [0.25, 0.3) is 12.3 Å². The summed E-state index contributed by atoms with van der Waals surface area (Å²) in [5.41, 5.74) is 2.99. The van der Waals surface area contributed by atoms with E-state index in [1.165, 1.54) is 0 Å². The Bertz CT molecular complexity index is 890. The van der Waals surface area contributed by atoms with Crippen molar-refractivity contribution in [1.29, 1.82) is 0 Å². The molecule has 1 heterocycles. The molecule has 2 atom stereocenters. The van der Waals surface area contributed by atoms with Gasteiger partial charge < -0.3 is 5.32 Å². The number of carbonyl (C=O) groups excluding carboxylic acids is 1. The Labute approximate surface area is 152 Å². The van der Waals surface area contributed by atoms with Crippen molar-refractivity contribution in [2.75, 3.05) is 5.32 Å². The normalized spacial score (nSPS) is 20.9. The van der Waals surface area contributed by atoms with E-state index in [4.69, 9.17) is 23.2 Å². The van der Waals surface area contributed by atoms with Crippen LogP contribution < -0.4 is 5.32 Å². The monoisotopic (exact) mass is 383 g/mol. The van der Waals surface area contributed by atoms with Crippen LogP contribution in [0.25, 0.3) is 0 Å². The molecule has 1 aromatic carbocycles. The number of allylic oxidation sites excluding steroid dienone is 1. The number of nitrogens with zero attached hydrogens (tertiary/aromatic N) is 1.